The number of benzene rings is 1. The number of carbonyl (C=O) groups is 10. The van der Waals surface area contributed by atoms with Gasteiger partial charge in [-0.2, -0.15) is 0 Å². The van der Waals surface area contributed by atoms with E-state index in [2.05, 4.69) is 10.6 Å². The number of nitrogens with one attached hydrogen (secondary N) is 2. The monoisotopic (exact) mass is 1110 g/mol. The van der Waals surface area contributed by atoms with E-state index < -0.39 is 71.8 Å². The number of carboxylic acid groups (broad SMARTS) is 4. The zero-order chi connectivity index (χ0) is 43.5. The van der Waals surface area contributed by atoms with E-state index in [0.717, 1.165) is 27.7 Å². The number of aliphatic carboxylic acids is 4. The molecular weight excluding hydrogens is 1070 g/mol. The third kappa shape index (κ3) is 33.7. The molecule has 54 heavy (non-hydrogen) atoms. The van der Waals surface area contributed by atoms with Crippen LogP contribution in [0.4, 0.5) is 5.69 Å². The first-order valence-electron chi connectivity index (χ1n) is 14.5. The number of carbonyl (C=O) groups excluding carboxylic acids is 6. The van der Waals surface area contributed by atoms with Gasteiger partial charge in [-0.3, -0.25) is 47.9 Å². The second-order valence-corrected chi connectivity index (χ2v) is 12.9. The summed E-state index contributed by atoms with van der Waals surface area (Å²) in [5, 5.41) is 34.9. The molecule has 0 aliphatic heterocycles. The van der Waals surface area contributed by atoms with E-state index in [4.69, 9.17) is 64.3 Å². The lowest BCUT2D eigenvalue weighted by atomic mass is 10.1. The fourth-order valence-corrected chi connectivity index (χ4v) is 6.98. The fourth-order valence-electron chi connectivity index (χ4n) is 2.83. The van der Waals surface area contributed by atoms with Crippen LogP contribution >= 0.6 is 67.8 Å². The van der Waals surface area contributed by atoms with Crippen molar-refractivity contribution in [1.82, 2.24) is 10.6 Å². The van der Waals surface area contributed by atoms with Gasteiger partial charge in [0.1, 0.15) is 13.2 Å². The van der Waals surface area contributed by atoms with Crippen LogP contribution in [0, 0.1) is 10.7 Å². The van der Waals surface area contributed by atoms with E-state index in [1.54, 1.807) is 0 Å². The Kier molecular flexibility index (Phi) is 32.8. The highest BCUT2D eigenvalue weighted by atomic mass is 127. The molecule has 2 atom stereocenters. The molecule has 0 aromatic heterocycles. The molecule has 0 aliphatic rings. The number of carboxylic acids is 4. The van der Waals surface area contributed by atoms with Gasteiger partial charge in [0.2, 0.25) is 0 Å². The molecule has 8 N–H and O–H groups in total. The van der Waals surface area contributed by atoms with E-state index in [-0.39, 0.29) is 46.7 Å². The second-order valence-electron chi connectivity index (χ2n) is 9.67. The van der Waals surface area contributed by atoms with Crippen LogP contribution in [0.5, 0.6) is 0 Å². The maximum Gasteiger partial charge on any atom is 0.303 e. The smallest absolute Gasteiger partial charge is 0.303 e. The molecule has 24 heteroatoms. The lowest BCUT2D eigenvalue weighted by molar-refractivity contribution is -0.155. The Balaban J connectivity index is -0.000000654. The molecule has 0 saturated heterocycles. The van der Waals surface area contributed by atoms with Crippen LogP contribution in [0.2, 0.25) is 0 Å². The van der Waals surface area contributed by atoms with Crippen LogP contribution in [-0.2, 0) is 57.3 Å². The quantitative estimate of drug-likeness (QED) is 0.0680. The lowest BCUT2D eigenvalue weighted by Crippen LogP contribution is -2.39. The summed E-state index contributed by atoms with van der Waals surface area (Å²) in [6.07, 6.45) is -1.87. The number of hydrogen-bond donors (Lipinski definition) is 7. The molecule has 0 aliphatic carbocycles. The van der Waals surface area contributed by atoms with Gasteiger partial charge in [0.15, 0.2) is 12.2 Å². The minimum Gasteiger partial charge on any atom is -0.481 e. The molecule has 21 nitrogen and oxygen atoms in total. The maximum absolute atomic E-state index is 13.1. The Hall–Kier alpha value is -4.09. The van der Waals surface area contributed by atoms with Gasteiger partial charge in [-0.1, -0.05) is 0 Å². The number of esters is 4. The number of nitrogens with two attached hydrogens (primary N) is 1. The average Bonchev–Trinajstić information content (AvgIpc) is 2.97. The topological polar surface area (TPSA) is 339 Å². The van der Waals surface area contributed by atoms with Gasteiger partial charge in [-0.15, -0.1) is 0 Å². The summed E-state index contributed by atoms with van der Waals surface area (Å²) in [5.41, 5.74) is 6.61. The molecule has 306 valence electrons. The van der Waals surface area contributed by atoms with Gasteiger partial charge in [0.25, 0.3) is 35.7 Å². The normalized spacial score (nSPS) is 10.3. The van der Waals surface area contributed by atoms with Crippen molar-refractivity contribution in [1.29, 1.82) is 0 Å². The van der Waals surface area contributed by atoms with Crippen molar-refractivity contribution in [2.45, 2.75) is 67.6 Å². The van der Waals surface area contributed by atoms with Crippen LogP contribution in [-0.4, -0.2) is 119 Å². The Bertz CT molecular complexity index is 1360. The van der Waals surface area contributed by atoms with Crippen LogP contribution in [0.25, 0.3) is 0 Å². The standard InChI is InChI=1S/C22H26I3N3O10.4C2H4O2/c1-9(29)35-7-13(37-11(3)31)5-27-21(33)15-17(23)16(19(25)20(26)18(15)24)22(34)28-6-14(38-12(4)32)8-36-10(2)30;4*1-2(3)4/h13-14H,5-8,26H2,1-4H3,(H,27,33)(H,28,34);4*1H3,(H,3,4). The van der Waals surface area contributed by atoms with E-state index in [1.807, 2.05) is 67.8 Å². The van der Waals surface area contributed by atoms with Crippen molar-refractivity contribution < 1.29 is 87.3 Å². The summed E-state index contributed by atoms with van der Waals surface area (Å²) < 4.78 is 21.0. The summed E-state index contributed by atoms with van der Waals surface area (Å²) in [7, 11) is 0. The zero-order valence-electron chi connectivity index (χ0n) is 30.2. The first kappa shape index (κ1) is 56.6. The third-order valence-corrected chi connectivity index (χ3v) is 7.72. The van der Waals surface area contributed by atoms with Gasteiger partial charge in [0, 0.05) is 59.0 Å². The van der Waals surface area contributed by atoms with E-state index >= 15 is 0 Å². The SMILES string of the molecule is CC(=O)O.CC(=O)O.CC(=O)O.CC(=O)O.CC(=O)OCC(CNC(=O)c1c(I)c(N)c(I)c(C(=O)NCC(COC(C)=O)OC(C)=O)c1I)OC(C)=O. The van der Waals surface area contributed by atoms with Crippen molar-refractivity contribution in [3.8, 4) is 0 Å². The highest BCUT2D eigenvalue weighted by Gasteiger charge is 2.28. The molecule has 2 unspecified atom stereocenters. The number of hydrogen-bond acceptors (Lipinski definition) is 15. The second kappa shape index (κ2) is 31.3. The van der Waals surface area contributed by atoms with Gasteiger partial charge < -0.3 is 55.7 Å². The molecule has 0 spiro atoms. The van der Waals surface area contributed by atoms with E-state index in [9.17, 15) is 28.8 Å². The molecular formula is C30H42I3N3O18. The maximum atomic E-state index is 13.1. The predicted molar refractivity (Wildman–Crippen MR) is 211 cm³/mol. The number of anilines is 1. The summed E-state index contributed by atoms with van der Waals surface area (Å²) in [6.45, 7) is 8.21. The number of halogens is 3. The summed E-state index contributed by atoms with van der Waals surface area (Å²) in [4.78, 5) is 107. The molecule has 1 rings (SSSR count). The van der Waals surface area contributed by atoms with Gasteiger partial charge in [0.05, 0.1) is 37.0 Å². The molecule has 0 fully saturated rings. The Morgan fingerprint density at radius 3 is 0.963 bits per heavy atom. The Morgan fingerprint density at radius 1 is 0.519 bits per heavy atom. The first-order valence-corrected chi connectivity index (χ1v) is 17.7. The van der Waals surface area contributed by atoms with Crippen LogP contribution in [0.3, 0.4) is 0 Å². The van der Waals surface area contributed by atoms with E-state index in [1.165, 1.54) is 27.7 Å². The lowest BCUT2D eigenvalue weighted by Gasteiger charge is -2.21. The molecule has 0 radical (unpaired) electrons. The molecule has 0 heterocycles. The molecule has 0 bridgehead atoms. The minimum absolute atomic E-state index is 0.111. The average molecular weight is 1110 g/mol. The molecule has 2 amide bonds. The van der Waals surface area contributed by atoms with E-state index in [0.29, 0.717) is 7.14 Å². The zero-order valence-corrected chi connectivity index (χ0v) is 36.7. The fraction of sp³-hybridized carbons (Fsp3) is 0.467. The minimum atomic E-state index is -0.935. The number of ether oxygens (including phenoxy) is 4. The number of nitrogen functional groups attached to an aromatic ring is 1. The highest BCUT2D eigenvalue weighted by Crippen LogP contribution is 2.33. The molecule has 1 aromatic rings. The number of amides is 2. The van der Waals surface area contributed by atoms with Crippen LogP contribution in [0.15, 0.2) is 0 Å². The van der Waals surface area contributed by atoms with Crippen molar-refractivity contribution in [3.05, 3.63) is 21.8 Å². The Labute approximate surface area is 350 Å². The van der Waals surface area contributed by atoms with Crippen molar-refractivity contribution in [3.63, 3.8) is 0 Å². The summed E-state index contributed by atoms with van der Waals surface area (Å²) in [6, 6.07) is 0. The van der Waals surface area contributed by atoms with Gasteiger partial charge >= 0.3 is 23.9 Å². The first-order chi connectivity index (χ1) is 24.6. The molecule has 0 saturated carbocycles. The van der Waals surface area contributed by atoms with Crippen molar-refractivity contribution in [2.24, 2.45) is 0 Å². The third-order valence-electron chi connectivity index (χ3n) is 4.40. The predicted octanol–water partition coefficient (Wildman–Crippen LogP) is 1.90. The van der Waals surface area contributed by atoms with Gasteiger partial charge in [-0.05, 0) is 67.8 Å². The van der Waals surface area contributed by atoms with Crippen molar-refractivity contribution in [2.75, 3.05) is 32.0 Å². The summed E-state index contributed by atoms with van der Waals surface area (Å²) in [5.74, 6) is -6.96. The van der Waals surface area contributed by atoms with Crippen LogP contribution in [0.1, 0.15) is 76.1 Å². The summed E-state index contributed by atoms with van der Waals surface area (Å²) >= 11 is 5.62. The van der Waals surface area contributed by atoms with Crippen LogP contribution < -0.4 is 16.4 Å². The largest absolute Gasteiger partial charge is 0.481 e. The van der Waals surface area contributed by atoms with Gasteiger partial charge in [-0.25, -0.2) is 0 Å². The highest BCUT2D eigenvalue weighted by molar-refractivity contribution is 14.1. The Morgan fingerprint density at radius 2 is 0.759 bits per heavy atom. The van der Waals surface area contributed by atoms with Crippen molar-refractivity contribution >= 4 is 133 Å². The molecule has 1 aromatic carbocycles. The number of rotatable bonds is 12.